The summed E-state index contributed by atoms with van der Waals surface area (Å²) in [4.78, 5) is 0. The molecule has 1 aromatic carbocycles. The molecule has 1 rings (SSSR count). The van der Waals surface area contributed by atoms with Crippen LogP contribution in [0, 0.1) is 6.92 Å². The van der Waals surface area contributed by atoms with Gasteiger partial charge in [-0.2, -0.15) is 0 Å². The van der Waals surface area contributed by atoms with Crippen molar-refractivity contribution in [3.8, 4) is 5.75 Å². The fraction of sp³-hybridized carbons (Fsp3) is 0.333. The fourth-order valence-corrected chi connectivity index (χ4v) is 1.35. The molecule has 0 saturated carbocycles. The minimum atomic E-state index is 0.516. The number of ether oxygens (including phenoxy) is 1. The van der Waals surface area contributed by atoms with Gasteiger partial charge in [0.05, 0.1) is 13.7 Å². The molecule has 1 aromatic rings. The molecule has 0 aliphatic heterocycles. The maximum atomic E-state index is 5.23. The zero-order chi connectivity index (χ0) is 8.97. The van der Waals surface area contributed by atoms with Crippen LogP contribution in [0.25, 0.3) is 0 Å². The molecule has 0 amide bonds. The first-order valence-electron chi connectivity index (χ1n) is 3.70. The lowest BCUT2D eigenvalue weighted by atomic mass is 10.1. The summed E-state index contributed by atoms with van der Waals surface area (Å²) in [7, 11) is 4.63. The largest absolute Gasteiger partial charge is 0.496 e. The zero-order valence-corrected chi connectivity index (χ0v) is 8.26. The summed E-state index contributed by atoms with van der Waals surface area (Å²) in [5.74, 6) is 0.899. The Bertz CT molecular complexity index is 261. The van der Waals surface area contributed by atoms with Gasteiger partial charge in [-0.15, -0.1) is 0 Å². The molecule has 0 heterocycles. The van der Waals surface area contributed by atoms with Crippen LogP contribution >= 0.6 is 0 Å². The molecule has 0 unspecified atom stereocenters. The van der Waals surface area contributed by atoms with Gasteiger partial charge >= 0.3 is 0 Å². The number of benzene rings is 1. The van der Waals surface area contributed by atoms with Crippen LogP contribution in [0.15, 0.2) is 18.2 Å². The van der Waals surface area contributed by atoms with Crippen LogP contribution in [-0.4, -0.2) is 17.6 Å². The lowest BCUT2D eigenvalue weighted by Crippen LogP contribution is -1.96. The van der Waals surface area contributed by atoms with E-state index in [4.69, 9.17) is 9.16 Å². The van der Waals surface area contributed by atoms with Gasteiger partial charge in [-0.1, -0.05) is 18.2 Å². The second kappa shape index (κ2) is 4.28. The molecule has 0 N–H and O–H groups in total. The van der Waals surface area contributed by atoms with Gasteiger partial charge in [0.25, 0.3) is 0 Å². The first-order valence-corrected chi connectivity index (χ1v) is 4.11. The molecule has 3 radical (unpaired) electrons. The topological polar surface area (TPSA) is 18.5 Å². The van der Waals surface area contributed by atoms with Crippen molar-refractivity contribution in [2.24, 2.45) is 0 Å². The summed E-state index contributed by atoms with van der Waals surface area (Å²) in [5.41, 5.74) is 2.17. The molecule has 3 heteroatoms. The highest BCUT2D eigenvalue weighted by atomic mass is 28.2. The Morgan fingerprint density at radius 2 is 2.17 bits per heavy atom. The molecular formula is C9H11O2Si. The van der Waals surface area contributed by atoms with Crippen LogP contribution in [0.2, 0.25) is 0 Å². The minimum absolute atomic E-state index is 0.516. The third kappa shape index (κ3) is 1.87. The summed E-state index contributed by atoms with van der Waals surface area (Å²) in [5, 5.41) is 0. The van der Waals surface area contributed by atoms with Crippen molar-refractivity contribution in [3.05, 3.63) is 29.3 Å². The molecule has 0 aliphatic rings. The van der Waals surface area contributed by atoms with Crippen molar-refractivity contribution >= 4 is 10.5 Å². The van der Waals surface area contributed by atoms with E-state index in [0.29, 0.717) is 6.61 Å². The van der Waals surface area contributed by atoms with Crippen molar-refractivity contribution < 1.29 is 9.16 Å². The first-order chi connectivity index (χ1) is 5.79. The molecule has 12 heavy (non-hydrogen) atoms. The van der Waals surface area contributed by atoms with Crippen molar-refractivity contribution in [2.45, 2.75) is 13.5 Å². The average Bonchev–Trinajstić information content (AvgIpc) is 2.05. The van der Waals surface area contributed by atoms with Crippen molar-refractivity contribution in [1.29, 1.82) is 0 Å². The fourth-order valence-electron chi connectivity index (χ4n) is 1.20. The Labute approximate surface area is 76.0 Å². The van der Waals surface area contributed by atoms with E-state index < -0.39 is 0 Å². The molecule has 63 valence electrons. The van der Waals surface area contributed by atoms with Crippen LogP contribution in [0.1, 0.15) is 11.1 Å². The zero-order valence-electron chi connectivity index (χ0n) is 7.26. The lowest BCUT2D eigenvalue weighted by Gasteiger charge is -2.09. The highest BCUT2D eigenvalue weighted by Gasteiger charge is 2.03. The third-order valence-electron chi connectivity index (χ3n) is 1.73. The van der Waals surface area contributed by atoms with E-state index in [1.807, 2.05) is 25.1 Å². The normalized spacial score (nSPS) is 9.92. The van der Waals surface area contributed by atoms with Gasteiger partial charge in [-0.25, -0.2) is 0 Å². The number of hydrogen-bond acceptors (Lipinski definition) is 2. The quantitative estimate of drug-likeness (QED) is 0.656. The minimum Gasteiger partial charge on any atom is -0.496 e. The number of methoxy groups -OCH3 is 1. The Morgan fingerprint density at radius 1 is 1.42 bits per heavy atom. The van der Waals surface area contributed by atoms with Gasteiger partial charge in [-0.05, 0) is 12.5 Å². The maximum Gasteiger partial charge on any atom is 0.246 e. The van der Waals surface area contributed by atoms with Crippen LogP contribution in [-0.2, 0) is 11.0 Å². The average molecular weight is 179 g/mol. The van der Waals surface area contributed by atoms with Crippen LogP contribution in [0.4, 0.5) is 0 Å². The molecular weight excluding hydrogens is 168 g/mol. The Morgan fingerprint density at radius 3 is 2.75 bits per heavy atom. The van der Waals surface area contributed by atoms with Crippen molar-refractivity contribution in [2.75, 3.05) is 7.11 Å². The van der Waals surface area contributed by atoms with Crippen LogP contribution in [0.5, 0.6) is 5.75 Å². The van der Waals surface area contributed by atoms with Crippen molar-refractivity contribution in [3.63, 3.8) is 0 Å². The molecule has 0 saturated heterocycles. The summed E-state index contributed by atoms with van der Waals surface area (Å²) in [6, 6.07) is 5.97. The van der Waals surface area contributed by atoms with E-state index in [9.17, 15) is 0 Å². The predicted octanol–water partition coefficient (Wildman–Crippen LogP) is 1.60. The van der Waals surface area contributed by atoms with E-state index in [0.717, 1.165) is 16.9 Å². The second-order valence-corrected chi connectivity index (χ2v) is 2.84. The smallest absolute Gasteiger partial charge is 0.246 e. The van der Waals surface area contributed by atoms with Crippen LogP contribution in [0.3, 0.4) is 0 Å². The summed E-state index contributed by atoms with van der Waals surface area (Å²) >= 11 is 0. The molecule has 0 bridgehead atoms. The lowest BCUT2D eigenvalue weighted by molar-refractivity contribution is 0.323. The Balaban J connectivity index is 3.00. The molecule has 2 nitrogen and oxygen atoms in total. The van der Waals surface area contributed by atoms with E-state index >= 15 is 0 Å². The Hall–Kier alpha value is -0.803. The second-order valence-electron chi connectivity index (χ2n) is 2.56. The number of aryl methyl sites for hydroxylation is 1. The van der Waals surface area contributed by atoms with Gasteiger partial charge in [0.2, 0.25) is 10.5 Å². The van der Waals surface area contributed by atoms with E-state index in [2.05, 4.69) is 10.5 Å². The van der Waals surface area contributed by atoms with Gasteiger partial charge in [0, 0.05) is 5.56 Å². The SMILES string of the molecule is COc1c(C)cccc1CO[Si]. The third-order valence-corrected chi connectivity index (χ3v) is 1.87. The van der Waals surface area contributed by atoms with Crippen LogP contribution < -0.4 is 4.74 Å². The molecule has 0 atom stereocenters. The monoisotopic (exact) mass is 179 g/mol. The first kappa shape index (κ1) is 9.29. The van der Waals surface area contributed by atoms with Gasteiger partial charge in [0.1, 0.15) is 5.75 Å². The number of rotatable bonds is 3. The van der Waals surface area contributed by atoms with Crippen molar-refractivity contribution in [1.82, 2.24) is 0 Å². The number of para-hydroxylation sites is 1. The summed E-state index contributed by atoms with van der Waals surface area (Å²) in [6.07, 6.45) is 0. The van der Waals surface area contributed by atoms with Gasteiger partial charge < -0.3 is 9.16 Å². The maximum absolute atomic E-state index is 5.23. The highest BCUT2D eigenvalue weighted by molar-refractivity contribution is 5.97. The predicted molar refractivity (Wildman–Crippen MR) is 48.3 cm³/mol. The highest BCUT2D eigenvalue weighted by Crippen LogP contribution is 2.22. The van der Waals surface area contributed by atoms with E-state index in [1.54, 1.807) is 7.11 Å². The van der Waals surface area contributed by atoms with Gasteiger partial charge in [-0.3, -0.25) is 0 Å². The van der Waals surface area contributed by atoms with E-state index in [-0.39, 0.29) is 0 Å². The van der Waals surface area contributed by atoms with Gasteiger partial charge in [0.15, 0.2) is 0 Å². The summed E-state index contributed by atoms with van der Waals surface area (Å²) < 4.78 is 10.1. The molecule has 0 aliphatic carbocycles. The van der Waals surface area contributed by atoms with E-state index in [1.165, 1.54) is 0 Å². The molecule has 0 spiro atoms. The molecule has 0 fully saturated rings. The standard InChI is InChI=1S/C9H11O2Si/c1-7-4-3-5-8(6-11-12)9(7)10-2/h3-5H,6H2,1-2H3. The summed E-state index contributed by atoms with van der Waals surface area (Å²) in [6.45, 7) is 2.53. The molecule has 0 aromatic heterocycles. The Kier molecular flexibility index (Phi) is 3.31. The number of hydrogen-bond donors (Lipinski definition) is 0.